The van der Waals surface area contributed by atoms with Crippen molar-refractivity contribution in [3.05, 3.63) is 52.0 Å². The molecule has 1 fully saturated rings. The van der Waals surface area contributed by atoms with Crippen LogP contribution in [0.15, 0.2) is 40.9 Å². The van der Waals surface area contributed by atoms with Crippen molar-refractivity contribution in [3.63, 3.8) is 0 Å². The summed E-state index contributed by atoms with van der Waals surface area (Å²) in [4.78, 5) is 15.1. The molecule has 0 atom stereocenters. The molecule has 5 nitrogen and oxygen atoms in total. The highest BCUT2D eigenvalue weighted by Gasteiger charge is 2.33. The van der Waals surface area contributed by atoms with E-state index in [1.165, 1.54) is 0 Å². The zero-order valence-electron chi connectivity index (χ0n) is 15.1. The van der Waals surface area contributed by atoms with Crippen molar-refractivity contribution < 1.29 is 19.0 Å². The Morgan fingerprint density at radius 3 is 2.08 bits per heavy atom. The molecule has 1 aliphatic rings. The minimum atomic E-state index is -0.0209. The van der Waals surface area contributed by atoms with Crippen LogP contribution >= 0.6 is 15.9 Å². The zero-order valence-corrected chi connectivity index (χ0v) is 16.7. The molecular formula is C20H22BrNO4. The molecule has 0 bridgehead atoms. The van der Waals surface area contributed by atoms with Crippen LogP contribution in [0.2, 0.25) is 0 Å². The Hall–Kier alpha value is -2.21. The average molecular weight is 420 g/mol. The van der Waals surface area contributed by atoms with E-state index in [9.17, 15) is 4.79 Å². The summed E-state index contributed by atoms with van der Waals surface area (Å²) < 4.78 is 16.6. The highest BCUT2D eigenvalue weighted by Crippen LogP contribution is 2.37. The molecule has 0 unspecified atom stereocenters. The minimum Gasteiger partial charge on any atom is -0.497 e. The molecule has 0 heterocycles. The van der Waals surface area contributed by atoms with E-state index in [4.69, 9.17) is 14.2 Å². The Bertz CT molecular complexity index is 762. The Morgan fingerprint density at radius 1 is 1.04 bits per heavy atom. The Balaban J connectivity index is 1.87. The monoisotopic (exact) mass is 419 g/mol. The SMILES string of the molecule is COc1ccc(CN(C(=O)c2cc(OC)c(Br)c(OC)c2)C2CC2)cc1. The number of rotatable bonds is 7. The van der Waals surface area contributed by atoms with Crippen molar-refractivity contribution in [3.8, 4) is 17.2 Å². The molecule has 26 heavy (non-hydrogen) atoms. The Kier molecular flexibility index (Phi) is 5.71. The van der Waals surface area contributed by atoms with Gasteiger partial charge in [0.25, 0.3) is 5.91 Å². The second-order valence-corrected chi connectivity index (χ2v) is 7.00. The van der Waals surface area contributed by atoms with Gasteiger partial charge in [0.15, 0.2) is 0 Å². The van der Waals surface area contributed by atoms with Crippen molar-refractivity contribution >= 4 is 21.8 Å². The van der Waals surface area contributed by atoms with Crippen LogP contribution in [-0.2, 0) is 6.54 Å². The van der Waals surface area contributed by atoms with E-state index in [0.717, 1.165) is 24.2 Å². The quantitative estimate of drug-likeness (QED) is 0.671. The van der Waals surface area contributed by atoms with Gasteiger partial charge in [-0.05, 0) is 58.6 Å². The van der Waals surface area contributed by atoms with E-state index in [0.29, 0.717) is 28.1 Å². The summed E-state index contributed by atoms with van der Waals surface area (Å²) in [5.74, 6) is 1.94. The van der Waals surface area contributed by atoms with Crippen molar-refractivity contribution in [2.24, 2.45) is 0 Å². The fraction of sp³-hybridized carbons (Fsp3) is 0.350. The minimum absolute atomic E-state index is 0.0209. The number of nitrogens with zero attached hydrogens (tertiary/aromatic N) is 1. The number of hydrogen-bond donors (Lipinski definition) is 0. The van der Waals surface area contributed by atoms with E-state index in [-0.39, 0.29) is 11.9 Å². The summed E-state index contributed by atoms with van der Waals surface area (Å²) in [5, 5.41) is 0. The standard InChI is InChI=1S/C20H22BrNO4/c1-24-16-8-4-13(5-9-16)12-22(15-6-7-15)20(23)14-10-17(25-2)19(21)18(11-14)26-3/h4-5,8-11,15H,6-7,12H2,1-3H3. The number of benzene rings is 2. The summed E-state index contributed by atoms with van der Waals surface area (Å²) in [7, 11) is 4.79. The van der Waals surface area contributed by atoms with Crippen LogP contribution in [0, 0.1) is 0 Å². The maximum Gasteiger partial charge on any atom is 0.254 e. The van der Waals surface area contributed by atoms with Crippen molar-refractivity contribution in [2.75, 3.05) is 21.3 Å². The van der Waals surface area contributed by atoms with Crippen molar-refractivity contribution in [1.29, 1.82) is 0 Å². The first-order chi connectivity index (χ1) is 12.6. The number of halogens is 1. The third-order valence-electron chi connectivity index (χ3n) is 4.45. The second-order valence-electron chi connectivity index (χ2n) is 6.21. The fourth-order valence-electron chi connectivity index (χ4n) is 2.84. The molecule has 138 valence electrons. The maximum absolute atomic E-state index is 13.2. The smallest absolute Gasteiger partial charge is 0.254 e. The van der Waals surface area contributed by atoms with Crippen LogP contribution in [0.5, 0.6) is 17.2 Å². The van der Waals surface area contributed by atoms with Gasteiger partial charge in [-0.2, -0.15) is 0 Å². The molecule has 0 aliphatic heterocycles. The predicted molar refractivity (Wildman–Crippen MR) is 103 cm³/mol. The summed E-state index contributed by atoms with van der Waals surface area (Å²) in [6.07, 6.45) is 2.07. The summed E-state index contributed by atoms with van der Waals surface area (Å²) in [5.41, 5.74) is 1.63. The van der Waals surface area contributed by atoms with Crippen LogP contribution in [0.3, 0.4) is 0 Å². The third-order valence-corrected chi connectivity index (χ3v) is 5.23. The highest BCUT2D eigenvalue weighted by atomic mass is 79.9. The molecule has 1 saturated carbocycles. The van der Waals surface area contributed by atoms with Crippen LogP contribution in [0.25, 0.3) is 0 Å². The van der Waals surface area contributed by atoms with E-state index in [1.807, 2.05) is 29.2 Å². The van der Waals surface area contributed by atoms with Crippen LogP contribution in [0.4, 0.5) is 0 Å². The van der Waals surface area contributed by atoms with Crippen molar-refractivity contribution in [1.82, 2.24) is 4.90 Å². The first-order valence-electron chi connectivity index (χ1n) is 8.42. The lowest BCUT2D eigenvalue weighted by Crippen LogP contribution is -2.32. The van der Waals surface area contributed by atoms with Gasteiger partial charge >= 0.3 is 0 Å². The molecule has 0 spiro atoms. The van der Waals surface area contributed by atoms with Gasteiger partial charge in [0.1, 0.15) is 21.7 Å². The van der Waals surface area contributed by atoms with E-state index >= 15 is 0 Å². The first kappa shape index (κ1) is 18.6. The maximum atomic E-state index is 13.2. The fourth-order valence-corrected chi connectivity index (χ4v) is 3.39. The number of hydrogen-bond acceptors (Lipinski definition) is 4. The molecule has 3 rings (SSSR count). The number of methoxy groups -OCH3 is 3. The topological polar surface area (TPSA) is 48.0 Å². The lowest BCUT2D eigenvalue weighted by Gasteiger charge is -2.23. The van der Waals surface area contributed by atoms with E-state index in [2.05, 4.69) is 15.9 Å². The van der Waals surface area contributed by atoms with Gasteiger partial charge in [-0.1, -0.05) is 12.1 Å². The average Bonchev–Trinajstić information content (AvgIpc) is 3.51. The molecule has 2 aromatic rings. The van der Waals surface area contributed by atoms with Gasteiger partial charge in [-0.3, -0.25) is 4.79 Å². The lowest BCUT2D eigenvalue weighted by atomic mass is 10.1. The van der Waals surface area contributed by atoms with Crippen LogP contribution in [-0.4, -0.2) is 38.2 Å². The molecule has 1 amide bonds. The van der Waals surface area contributed by atoms with Crippen LogP contribution < -0.4 is 14.2 Å². The normalized spacial score (nSPS) is 13.2. The number of carbonyl (C=O) groups excluding carboxylic acids is 1. The zero-order chi connectivity index (χ0) is 18.7. The molecule has 1 aliphatic carbocycles. The van der Waals surface area contributed by atoms with Gasteiger partial charge in [0.05, 0.1) is 21.3 Å². The molecule has 6 heteroatoms. The Morgan fingerprint density at radius 2 is 1.62 bits per heavy atom. The number of ether oxygens (including phenoxy) is 3. The van der Waals surface area contributed by atoms with Gasteiger partial charge in [-0.25, -0.2) is 0 Å². The summed E-state index contributed by atoms with van der Waals surface area (Å²) >= 11 is 3.44. The molecule has 0 N–H and O–H groups in total. The van der Waals surface area contributed by atoms with Gasteiger partial charge < -0.3 is 19.1 Å². The predicted octanol–water partition coefficient (Wildman–Crippen LogP) is 4.28. The van der Waals surface area contributed by atoms with E-state index in [1.54, 1.807) is 33.5 Å². The van der Waals surface area contributed by atoms with Gasteiger partial charge in [0.2, 0.25) is 0 Å². The molecule has 0 radical (unpaired) electrons. The lowest BCUT2D eigenvalue weighted by molar-refractivity contribution is 0.0729. The number of amides is 1. The highest BCUT2D eigenvalue weighted by molar-refractivity contribution is 9.10. The third kappa shape index (κ3) is 3.96. The molecular weight excluding hydrogens is 398 g/mol. The summed E-state index contributed by atoms with van der Waals surface area (Å²) in [6, 6.07) is 11.6. The van der Waals surface area contributed by atoms with Crippen molar-refractivity contribution in [2.45, 2.75) is 25.4 Å². The van der Waals surface area contributed by atoms with Crippen LogP contribution in [0.1, 0.15) is 28.8 Å². The number of carbonyl (C=O) groups is 1. The second kappa shape index (κ2) is 7.99. The van der Waals surface area contributed by atoms with E-state index < -0.39 is 0 Å². The Labute approximate surface area is 162 Å². The molecule has 0 saturated heterocycles. The van der Waals surface area contributed by atoms with Gasteiger partial charge in [-0.15, -0.1) is 0 Å². The molecule has 2 aromatic carbocycles. The first-order valence-corrected chi connectivity index (χ1v) is 9.22. The molecule has 0 aromatic heterocycles. The van der Waals surface area contributed by atoms with Gasteiger partial charge in [0, 0.05) is 18.2 Å². The largest absolute Gasteiger partial charge is 0.497 e. The summed E-state index contributed by atoms with van der Waals surface area (Å²) in [6.45, 7) is 0.564.